The molecule has 5 nitrogen and oxygen atoms in total. The first kappa shape index (κ1) is 15.7. The van der Waals surface area contributed by atoms with Gasteiger partial charge in [-0.25, -0.2) is 0 Å². The number of aliphatic hydroxyl groups excluding tert-OH is 1. The smallest absolute Gasteiger partial charge is 0.253 e. The lowest BCUT2D eigenvalue weighted by atomic mass is 9.79. The second-order valence-electron chi connectivity index (χ2n) is 7.36. The Hall–Kier alpha value is -1.85. The van der Waals surface area contributed by atoms with Crippen LogP contribution in [0.4, 0.5) is 0 Å². The number of carbonyl (C=O) groups excluding carboxylic acids is 1. The fraction of sp³-hybridized carbons (Fsp3) is 0.526. The van der Waals surface area contributed by atoms with E-state index in [9.17, 15) is 9.90 Å². The Kier molecular flexibility index (Phi) is 4.06. The van der Waals surface area contributed by atoms with E-state index in [1.807, 2.05) is 35.4 Å². The number of H-pyrrole nitrogens is 1. The van der Waals surface area contributed by atoms with E-state index in [1.54, 1.807) is 0 Å². The maximum atomic E-state index is 12.9. The molecular weight excluding hydrogens is 302 g/mol. The Morgan fingerprint density at radius 3 is 3.00 bits per heavy atom. The highest BCUT2D eigenvalue weighted by molar-refractivity contribution is 5.98. The molecule has 1 amide bonds. The fourth-order valence-corrected chi connectivity index (χ4v) is 4.45. The largest absolute Gasteiger partial charge is 0.395 e. The van der Waals surface area contributed by atoms with E-state index >= 15 is 0 Å². The fourth-order valence-electron chi connectivity index (χ4n) is 4.45. The van der Waals surface area contributed by atoms with Crippen LogP contribution in [-0.4, -0.2) is 65.1 Å². The van der Waals surface area contributed by atoms with Crippen LogP contribution in [-0.2, 0) is 0 Å². The van der Waals surface area contributed by atoms with E-state index in [0.29, 0.717) is 0 Å². The number of piperidine rings is 1. The minimum atomic E-state index is 0.147. The third kappa shape index (κ3) is 2.82. The molecule has 2 aliphatic heterocycles. The summed E-state index contributed by atoms with van der Waals surface area (Å²) >= 11 is 0. The second kappa shape index (κ2) is 6.22. The van der Waals surface area contributed by atoms with Gasteiger partial charge in [-0.05, 0) is 50.1 Å². The van der Waals surface area contributed by atoms with Gasteiger partial charge in [0.25, 0.3) is 5.91 Å². The van der Waals surface area contributed by atoms with Crippen molar-refractivity contribution >= 4 is 16.8 Å². The van der Waals surface area contributed by atoms with Crippen molar-refractivity contribution in [1.82, 2.24) is 14.8 Å². The summed E-state index contributed by atoms with van der Waals surface area (Å²) in [5.41, 5.74) is 2.07. The topological polar surface area (TPSA) is 59.6 Å². The van der Waals surface area contributed by atoms with Gasteiger partial charge in [-0.15, -0.1) is 0 Å². The molecule has 2 N–H and O–H groups in total. The molecule has 0 bridgehead atoms. The molecule has 24 heavy (non-hydrogen) atoms. The van der Waals surface area contributed by atoms with Crippen LogP contribution >= 0.6 is 0 Å². The Labute approximate surface area is 142 Å². The Balaban J connectivity index is 1.48. The summed E-state index contributed by atoms with van der Waals surface area (Å²) in [7, 11) is 0. The molecule has 1 aromatic carbocycles. The van der Waals surface area contributed by atoms with Crippen molar-refractivity contribution in [3.63, 3.8) is 0 Å². The van der Waals surface area contributed by atoms with Crippen molar-refractivity contribution in [1.29, 1.82) is 0 Å². The van der Waals surface area contributed by atoms with Gasteiger partial charge in [-0.1, -0.05) is 0 Å². The van der Waals surface area contributed by atoms with Gasteiger partial charge in [-0.3, -0.25) is 4.79 Å². The summed E-state index contributed by atoms with van der Waals surface area (Å²) in [6.45, 7) is 4.74. The Morgan fingerprint density at radius 1 is 1.21 bits per heavy atom. The average Bonchev–Trinajstić information content (AvgIpc) is 3.21. The van der Waals surface area contributed by atoms with Crippen LogP contribution in [0.3, 0.4) is 0 Å². The quantitative estimate of drug-likeness (QED) is 0.907. The van der Waals surface area contributed by atoms with Gasteiger partial charge in [0.05, 0.1) is 6.61 Å². The van der Waals surface area contributed by atoms with Crippen LogP contribution < -0.4 is 0 Å². The molecule has 2 aromatic rings. The van der Waals surface area contributed by atoms with Gasteiger partial charge >= 0.3 is 0 Å². The number of benzene rings is 1. The van der Waals surface area contributed by atoms with E-state index in [1.165, 1.54) is 6.42 Å². The summed E-state index contributed by atoms with van der Waals surface area (Å²) in [5, 5.41) is 10.3. The van der Waals surface area contributed by atoms with Crippen LogP contribution in [0, 0.1) is 5.41 Å². The number of aliphatic hydroxyl groups is 1. The SMILES string of the molecule is O=C(c1ccc2[nH]ccc2c1)N1CCC2(CCCN(CCO)C2)C1. The predicted molar refractivity (Wildman–Crippen MR) is 94.0 cm³/mol. The van der Waals surface area contributed by atoms with Crippen LogP contribution in [0.25, 0.3) is 10.9 Å². The van der Waals surface area contributed by atoms with Gasteiger partial charge < -0.3 is 19.9 Å². The molecule has 2 saturated heterocycles. The lowest BCUT2D eigenvalue weighted by Gasteiger charge is -2.40. The molecule has 2 fully saturated rings. The molecule has 0 radical (unpaired) electrons. The number of hydrogen-bond acceptors (Lipinski definition) is 3. The van der Waals surface area contributed by atoms with Crippen molar-refractivity contribution < 1.29 is 9.90 Å². The van der Waals surface area contributed by atoms with E-state index < -0.39 is 0 Å². The average molecular weight is 327 g/mol. The van der Waals surface area contributed by atoms with Gasteiger partial charge in [0.15, 0.2) is 0 Å². The highest BCUT2D eigenvalue weighted by Gasteiger charge is 2.42. The lowest BCUT2D eigenvalue weighted by molar-refractivity contribution is 0.0646. The molecule has 0 saturated carbocycles. The maximum Gasteiger partial charge on any atom is 0.253 e. The molecule has 2 aliphatic rings. The van der Waals surface area contributed by atoms with Gasteiger partial charge in [0.2, 0.25) is 0 Å². The summed E-state index contributed by atoms with van der Waals surface area (Å²) in [4.78, 5) is 20.5. The summed E-state index contributed by atoms with van der Waals surface area (Å²) < 4.78 is 0. The maximum absolute atomic E-state index is 12.9. The van der Waals surface area contributed by atoms with E-state index in [2.05, 4.69) is 9.88 Å². The molecule has 0 aliphatic carbocycles. The van der Waals surface area contributed by atoms with Crippen LogP contribution in [0.1, 0.15) is 29.6 Å². The van der Waals surface area contributed by atoms with Gasteiger partial charge in [0, 0.05) is 54.3 Å². The highest BCUT2D eigenvalue weighted by Crippen LogP contribution is 2.39. The number of rotatable bonds is 3. The first-order valence-corrected chi connectivity index (χ1v) is 8.89. The lowest BCUT2D eigenvalue weighted by Crippen LogP contribution is -2.46. The predicted octanol–water partition coefficient (Wildman–Crippen LogP) is 2.09. The number of hydrogen-bond donors (Lipinski definition) is 2. The van der Waals surface area contributed by atoms with Crippen molar-refractivity contribution in [2.75, 3.05) is 39.3 Å². The summed E-state index contributed by atoms with van der Waals surface area (Å²) in [6.07, 6.45) is 5.33. The van der Waals surface area contributed by atoms with E-state index in [4.69, 9.17) is 0 Å². The van der Waals surface area contributed by atoms with Crippen LogP contribution in [0.15, 0.2) is 30.5 Å². The molecule has 128 valence electrons. The summed E-state index contributed by atoms with van der Waals surface area (Å²) in [5.74, 6) is 0.147. The number of nitrogens with one attached hydrogen (secondary N) is 1. The highest BCUT2D eigenvalue weighted by atomic mass is 16.3. The van der Waals surface area contributed by atoms with Gasteiger partial charge in [-0.2, -0.15) is 0 Å². The Bertz CT molecular complexity index is 739. The van der Waals surface area contributed by atoms with Crippen molar-refractivity contribution in [2.24, 2.45) is 5.41 Å². The molecule has 1 spiro atoms. The van der Waals surface area contributed by atoms with E-state index in [-0.39, 0.29) is 17.9 Å². The third-order valence-electron chi connectivity index (χ3n) is 5.68. The number of nitrogens with zero attached hydrogens (tertiary/aromatic N) is 2. The number of aromatic amines is 1. The minimum Gasteiger partial charge on any atom is -0.395 e. The Morgan fingerprint density at radius 2 is 2.12 bits per heavy atom. The molecular formula is C19H25N3O2. The number of likely N-dealkylation sites (tertiary alicyclic amines) is 2. The molecule has 1 unspecified atom stereocenters. The molecule has 5 heteroatoms. The number of carbonyl (C=O) groups is 1. The van der Waals surface area contributed by atoms with Crippen molar-refractivity contribution in [3.8, 4) is 0 Å². The zero-order valence-electron chi connectivity index (χ0n) is 14.0. The van der Waals surface area contributed by atoms with E-state index in [0.717, 1.165) is 62.0 Å². The summed E-state index contributed by atoms with van der Waals surface area (Å²) in [6, 6.07) is 7.90. The monoisotopic (exact) mass is 327 g/mol. The van der Waals surface area contributed by atoms with Crippen molar-refractivity contribution in [2.45, 2.75) is 19.3 Å². The molecule has 3 heterocycles. The zero-order valence-corrected chi connectivity index (χ0v) is 14.0. The molecule has 1 atom stereocenters. The number of aromatic nitrogens is 1. The first-order valence-electron chi connectivity index (χ1n) is 8.89. The zero-order chi connectivity index (χ0) is 16.6. The number of amides is 1. The second-order valence-corrected chi connectivity index (χ2v) is 7.36. The number of fused-ring (bicyclic) bond motifs is 1. The van der Waals surface area contributed by atoms with Gasteiger partial charge in [0.1, 0.15) is 0 Å². The minimum absolute atomic E-state index is 0.147. The van der Waals surface area contributed by atoms with Crippen LogP contribution in [0.2, 0.25) is 0 Å². The van der Waals surface area contributed by atoms with Crippen LogP contribution in [0.5, 0.6) is 0 Å². The third-order valence-corrected chi connectivity index (χ3v) is 5.68. The number of β-amino-alcohol motifs (C(OH)–C–C–N with tert-alkyl or cyclic N) is 1. The first-order chi connectivity index (χ1) is 11.7. The normalized spacial score (nSPS) is 25.0. The standard InChI is InChI=1S/C19H25N3O2/c23-11-10-21-8-1-5-19(13-21)6-9-22(14-19)18(24)16-2-3-17-15(12-16)4-7-20-17/h2-4,7,12,20,23H,1,5-6,8-11,13-14H2. The van der Waals surface area contributed by atoms with Crippen molar-refractivity contribution in [3.05, 3.63) is 36.0 Å². The molecule has 1 aromatic heterocycles. The molecule has 4 rings (SSSR count).